The van der Waals surface area contributed by atoms with Gasteiger partial charge in [0.25, 0.3) is 0 Å². The van der Waals surface area contributed by atoms with Crippen LogP contribution in [0.1, 0.15) is 58.3 Å². The summed E-state index contributed by atoms with van der Waals surface area (Å²) in [6, 6.07) is 0. The van der Waals surface area contributed by atoms with E-state index in [-0.39, 0.29) is 0 Å². The van der Waals surface area contributed by atoms with Crippen molar-refractivity contribution in [1.82, 2.24) is 0 Å². The van der Waals surface area contributed by atoms with Crippen LogP contribution >= 0.6 is 11.8 Å². The predicted molar refractivity (Wildman–Crippen MR) is 87.5 cm³/mol. The second kappa shape index (κ2) is 12.3. The van der Waals surface area contributed by atoms with Gasteiger partial charge in [0.15, 0.2) is 0 Å². The molecule has 1 atom stereocenters. The molecular weight excluding hydrogens is 272 g/mol. The average molecular weight is 302 g/mol. The largest absolute Gasteiger partial charge is 0.480 e. The number of unbranched alkanes of at least 4 members (excludes halogenated alkanes) is 5. The topological polar surface area (TPSA) is 46.5 Å². The number of rotatable bonds is 13. The van der Waals surface area contributed by atoms with Gasteiger partial charge in [-0.25, -0.2) is 0 Å². The zero-order chi connectivity index (χ0) is 15.3. The number of allylic oxidation sites excluding steroid dienone is 2. The SMILES string of the molecule is CCC(CC=CCCCCCCCOC)(SC)C(=O)O. The third-order valence-corrected chi connectivity index (χ3v) is 5.10. The van der Waals surface area contributed by atoms with E-state index < -0.39 is 10.7 Å². The fraction of sp³-hybridized carbons (Fsp3) is 0.812. The molecule has 0 fully saturated rings. The molecule has 0 aliphatic rings. The fourth-order valence-corrected chi connectivity index (χ4v) is 2.85. The normalized spacial score (nSPS) is 14.6. The van der Waals surface area contributed by atoms with Crippen LogP contribution < -0.4 is 0 Å². The van der Waals surface area contributed by atoms with E-state index in [0.717, 1.165) is 19.4 Å². The van der Waals surface area contributed by atoms with Crippen LogP contribution in [0.4, 0.5) is 0 Å². The molecule has 0 aromatic carbocycles. The summed E-state index contributed by atoms with van der Waals surface area (Å²) >= 11 is 1.44. The van der Waals surface area contributed by atoms with Crippen LogP contribution in [0.25, 0.3) is 0 Å². The van der Waals surface area contributed by atoms with E-state index in [1.807, 2.05) is 19.3 Å². The Kier molecular flexibility index (Phi) is 12.0. The molecule has 4 heteroatoms. The highest BCUT2D eigenvalue weighted by atomic mass is 32.2. The Hall–Kier alpha value is -0.480. The third kappa shape index (κ3) is 7.95. The summed E-state index contributed by atoms with van der Waals surface area (Å²) in [6.07, 6.45) is 14.5. The molecule has 0 saturated heterocycles. The lowest BCUT2D eigenvalue weighted by Crippen LogP contribution is -2.33. The van der Waals surface area contributed by atoms with Crippen LogP contribution in [-0.2, 0) is 9.53 Å². The number of carbonyl (C=O) groups is 1. The number of thioether (sulfide) groups is 1. The highest BCUT2D eigenvalue weighted by Crippen LogP contribution is 2.31. The molecule has 0 radical (unpaired) electrons. The first-order valence-corrected chi connectivity index (χ1v) is 8.78. The first kappa shape index (κ1) is 19.5. The molecule has 0 aromatic rings. The summed E-state index contributed by atoms with van der Waals surface area (Å²) < 4.78 is 4.37. The van der Waals surface area contributed by atoms with Crippen molar-refractivity contribution >= 4 is 17.7 Å². The predicted octanol–water partition coefficient (Wildman–Crippen LogP) is 4.52. The van der Waals surface area contributed by atoms with Crippen molar-refractivity contribution in [3.63, 3.8) is 0 Å². The minimum atomic E-state index is -0.699. The highest BCUT2D eigenvalue weighted by Gasteiger charge is 2.34. The third-order valence-electron chi connectivity index (χ3n) is 3.69. The van der Waals surface area contributed by atoms with Crippen molar-refractivity contribution in [2.24, 2.45) is 0 Å². The molecule has 0 rings (SSSR count). The summed E-state index contributed by atoms with van der Waals surface area (Å²) in [5.74, 6) is -0.699. The highest BCUT2D eigenvalue weighted by molar-refractivity contribution is 8.00. The fourth-order valence-electron chi connectivity index (χ4n) is 2.13. The molecule has 118 valence electrons. The van der Waals surface area contributed by atoms with Crippen molar-refractivity contribution in [1.29, 1.82) is 0 Å². The first-order chi connectivity index (χ1) is 9.63. The Morgan fingerprint density at radius 1 is 1.20 bits per heavy atom. The van der Waals surface area contributed by atoms with Gasteiger partial charge in [-0.15, -0.1) is 11.8 Å². The maximum absolute atomic E-state index is 11.3. The van der Waals surface area contributed by atoms with Crippen molar-refractivity contribution in [2.45, 2.75) is 63.0 Å². The van der Waals surface area contributed by atoms with E-state index in [1.54, 1.807) is 7.11 Å². The summed E-state index contributed by atoms with van der Waals surface area (Å²) in [6.45, 7) is 2.81. The number of methoxy groups -OCH3 is 1. The van der Waals surface area contributed by atoms with Crippen LogP contribution in [0.2, 0.25) is 0 Å². The van der Waals surface area contributed by atoms with Crippen LogP contribution in [0, 0.1) is 0 Å². The molecule has 0 heterocycles. The second-order valence-corrected chi connectivity index (χ2v) is 6.27. The molecule has 20 heavy (non-hydrogen) atoms. The van der Waals surface area contributed by atoms with Crippen LogP contribution in [0.15, 0.2) is 12.2 Å². The number of ether oxygens (including phenoxy) is 1. The molecule has 0 saturated carbocycles. The zero-order valence-corrected chi connectivity index (χ0v) is 14.0. The van der Waals surface area contributed by atoms with Crippen molar-refractivity contribution in [3.8, 4) is 0 Å². The summed E-state index contributed by atoms with van der Waals surface area (Å²) in [4.78, 5) is 11.3. The molecule has 0 aromatic heterocycles. The van der Waals surface area contributed by atoms with Gasteiger partial charge < -0.3 is 9.84 Å². The smallest absolute Gasteiger partial charge is 0.320 e. The lowest BCUT2D eigenvalue weighted by molar-refractivity contribution is -0.139. The Balaban J connectivity index is 3.72. The van der Waals surface area contributed by atoms with E-state index in [4.69, 9.17) is 4.74 Å². The average Bonchev–Trinajstić information content (AvgIpc) is 2.45. The molecule has 1 N–H and O–H groups in total. The lowest BCUT2D eigenvalue weighted by Gasteiger charge is -2.24. The Morgan fingerprint density at radius 3 is 2.40 bits per heavy atom. The molecule has 0 spiro atoms. The van der Waals surface area contributed by atoms with Crippen LogP contribution in [0.3, 0.4) is 0 Å². The van der Waals surface area contributed by atoms with Gasteiger partial charge in [0.2, 0.25) is 0 Å². The van der Waals surface area contributed by atoms with Gasteiger partial charge in [0, 0.05) is 13.7 Å². The number of hydrogen-bond donors (Lipinski definition) is 1. The van der Waals surface area contributed by atoms with Gasteiger partial charge in [-0.05, 0) is 38.4 Å². The van der Waals surface area contributed by atoms with Gasteiger partial charge in [-0.3, -0.25) is 4.79 Å². The molecular formula is C16H30O3S. The van der Waals surface area contributed by atoms with E-state index in [1.165, 1.54) is 37.4 Å². The minimum Gasteiger partial charge on any atom is -0.480 e. The van der Waals surface area contributed by atoms with E-state index >= 15 is 0 Å². The number of carboxylic acid groups (broad SMARTS) is 1. The first-order valence-electron chi connectivity index (χ1n) is 7.55. The van der Waals surface area contributed by atoms with Crippen molar-refractivity contribution in [3.05, 3.63) is 12.2 Å². The Labute approximate surface area is 128 Å². The van der Waals surface area contributed by atoms with Gasteiger partial charge >= 0.3 is 5.97 Å². The quantitative estimate of drug-likeness (QED) is 0.401. The van der Waals surface area contributed by atoms with Crippen molar-refractivity contribution in [2.75, 3.05) is 20.0 Å². The van der Waals surface area contributed by atoms with Gasteiger partial charge in [0.05, 0.1) is 0 Å². The van der Waals surface area contributed by atoms with Gasteiger partial charge in [0.1, 0.15) is 4.75 Å². The van der Waals surface area contributed by atoms with E-state index in [0.29, 0.717) is 12.8 Å². The summed E-state index contributed by atoms with van der Waals surface area (Å²) in [5, 5.41) is 9.30. The number of aliphatic carboxylic acids is 1. The Bertz CT molecular complexity index is 273. The van der Waals surface area contributed by atoms with E-state index in [9.17, 15) is 9.90 Å². The standard InChI is InChI=1S/C16H30O3S/c1-4-16(20-3,15(17)18)13-11-9-7-5-6-8-10-12-14-19-2/h9,11H,4-8,10,12-14H2,1-3H3,(H,17,18). The molecule has 0 aliphatic heterocycles. The lowest BCUT2D eigenvalue weighted by atomic mass is 10.0. The monoisotopic (exact) mass is 302 g/mol. The summed E-state index contributed by atoms with van der Waals surface area (Å²) in [7, 11) is 1.74. The molecule has 0 bridgehead atoms. The maximum atomic E-state index is 11.3. The molecule has 3 nitrogen and oxygen atoms in total. The number of hydrogen-bond acceptors (Lipinski definition) is 3. The van der Waals surface area contributed by atoms with Gasteiger partial charge in [-0.1, -0.05) is 38.3 Å². The summed E-state index contributed by atoms with van der Waals surface area (Å²) in [5.41, 5.74) is 0. The van der Waals surface area contributed by atoms with E-state index in [2.05, 4.69) is 6.08 Å². The molecule has 0 aliphatic carbocycles. The van der Waals surface area contributed by atoms with Gasteiger partial charge in [-0.2, -0.15) is 0 Å². The van der Waals surface area contributed by atoms with Crippen molar-refractivity contribution < 1.29 is 14.6 Å². The second-order valence-electron chi connectivity index (χ2n) is 5.08. The number of carboxylic acids is 1. The van der Waals surface area contributed by atoms with Crippen LogP contribution in [-0.4, -0.2) is 35.8 Å². The van der Waals surface area contributed by atoms with Crippen LogP contribution in [0.5, 0.6) is 0 Å². The zero-order valence-electron chi connectivity index (χ0n) is 13.2. The molecule has 1 unspecified atom stereocenters. The minimum absolute atomic E-state index is 0.619. The Morgan fingerprint density at radius 2 is 1.85 bits per heavy atom. The molecule has 0 amide bonds. The maximum Gasteiger partial charge on any atom is 0.320 e.